The molecule has 0 aliphatic heterocycles. The van der Waals surface area contributed by atoms with Crippen molar-refractivity contribution in [3.05, 3.63) is 17.5 Å². The number of hydrogen-bond donors (Lipinski definition) is 2. The first kappa shape index (κ1) is 12.1. The van der Waals surface area contributed by atoms with Crippen molar-refractivity contribution in [1.29, 1.82) is 0 Å². The fourth-order valence-electron chi connectivity index (χ4n) is 2.81. The second-order valence-corrected chi connectivity index (χ2v) is 6.57. The van der Waals surface area contributed by atoms with Crippen molar-refractivity contribution in [3.63, 3.8) is 0 Å². The summed E-state index contributed by atoms with van der Waals surface area (Å²) in [5, 5.41) is 16.3. The second kappa shape index (κ2) is 3.34. The molecule has 1 aromatic rings. The Bertz CT molecular complexity index is 454. The first-order valence-electron chi connectivity index (χ1n) is 5.94. The van der Waals surface area contributed by atoms with Gasteiger partial charge in [0.15, 0.2) is 0 Å². The molecular formula is C13H20N2O2. The molecule has 0 radical (unpaired) electrons. The Balaban J connectivity index is 2.38. The molecule has 1 aromatic heterocycles. The normalized spacial score (nSPS) is 26.9. The van der Waals surface area contributed by atoms with Crippen molar-refractivity contribution >= 4 is 5.97 Å². The Labute approximate surface area is 101 Å². The zero-order valence-corrected chi connectivity index (χ0v) is 11.0. The summed E-state index contributed by atoms with van der Waals surface area (Å²) in [5.74, 6) is -0.921. The zero-order chi connectivity index (χ0) is 13.0. The molecule has 1 saturated carbocycles. The number of aliphatic carboxylic acids is 1. The highest BCUT2D eigenvalue weighted by Gasteiger charge is 2.63. The first-order valence-corrected chi connectivity index (χ1v) is 5.94. The third-order valence-electron chi connectivity index (χ3n) is 3.85. The van der Waals surface area contributed by atoms with Crippen LogP contribution in [0, 0.1) is 11.3 Å². The zero-order valence-electron chi connectivity index (χ0n) is 11.0. The molecule has 1 aliphatic rings. The summed E-state index contributed by atoms with van der Waals surface area (Å²) in [6.07, 6.45) is 1.79. The van der Waals surface area contributed by atoms with Crippen LogP contribution in [-0.4, -0.2) is 21.3 Å². The van der Waals surface area contributed by atoms with Crippen molar-refractivity contribution in [1.82, 2.24) is 10.2 Å². The lowest BCUT2D eigenvalue weighted by Crippen LogP contribution is -2.14. The van der Waals surface area contributed by atoms with Crippen LogP contribution in [0.3, 0.4) is 0 Å². The Kier molecular flexibility index (Phi) is 2.39. The van der Waals surface area contributed by atoms with Gasteiger partial charge in [-0.05, 0) is 11.0 Å². The molecule has 4 heteroatoms. The highest BCUT2D eigenvalue weighted by Crippen LogP contribution is 2.65. The fraction of sp³-hybridized carbons (Fsp3) is 0.692. The average Bonchev–Trinajstić information content (AvgIpc) is 2.59. The van der Waals surface area contributed by atoms with Gasteiger partial charge in [-0.3, -0.25) is 9.89 Å². The van der Waals surface area contributed by atoms with Gasteiger partial charge < -0.3 is 5.11 Å². The number of carbonyl (C=O) groups is 1. The SMILES string of the molecule is CC(C)(C)c1[nH]ncc1C1C(C(=O)O)C1(C)C. The van der Waals surface area contributed by atoms with E-state index in [1.807, 2.05) is 13.8 Å². The predicted octanol–water partition coefficient (Wildman–Crippen LogP) is 2.53. The van der Waals surface area contributed by atoms with Gasteiger partial charge in [0.05, 0.1) is 12.1 Å². The number of aromatic amines is 1. The lowest BCUT2D eigenvalue weighted by atomic mass is 9.87. The van der Waals surface area contributed by atoms with Crippen molar-refractivity contribution < 1.29 is 9.90 Å². The van der Waals surface area contributed by atoms with Crippen molar-refractivity contribution in [2.45, 2.75) is 46.0 Å². The van der Waals surface area contributed by atoms with E-state index in [2.05, 4.69) is 31.0 Å². The van der Waals surface area contributed by atoms with Gasteiger partial charge in [-0.15, -0.1) is 0 Å². The van der Waals surface area contributed by atoms with Crippen LogP contribution in [0.5, 0.6) is 0 Å². The van der Waals surface area contributed by atoms with Crippen LogP contribution >= 0.6 is 0 Å². The quantitative estimate of drug-likeness (QED) is 0.829. The molecule has 17 heavy (non-hydrogen) atoms. The average molecular weight is 236 g/mol. The summed E-state index contributed by atoms with van der Waals surface area (Å²) in [6, 6.07) is 0. The summed E-state index contributed by atoms with van der Waals surface area (Å²) < 4.78 is 0. The number of nitrogens with zero attached hydrogens (tertiary/aromatic N) is 1. The third kappa shape index (κ3) is 1.75. The molecule has 0 aromatic carbocycles. The Morgan fingerprint density at radius 1 is 1.47 bits per heavy atom. The van der Waals surface area contributed by atoms with E-state index < -0.39 is 5.97 Å². The van der Waals surface area contributed by atoms with E-state index in [4.69, 9.17) is 0 Å². The summed E-state index contributed by atoms with van der Waals surface area (Å²) in [5.41, 5.74) is 1.91. The Morgan fingerprint density at radius 3 is 2.47 bits per heavy atom. The van der Waals surface area contributed by atoms with E-state index in [9.17, 15) is 9.90 Å². The van der Waals surface area contributed by atoms with Crippen LogP contribution in [0.25, 0.3) is 0 Å². The molecule has 0 amide bonds. The second-order valence-electron chi connectivity index (χ2n) is 6.57. The minimum Gasteiger partial charge on any atom is -0.481 e. The molecule has 0 spiro atoms. The number of nitrogens with one attached hydrogen (secondary N) is 1. The molecule has 4 nitrogen and oxygen atoms in total. The maximum atomic E-state index is 11.2. The molecular weight excluding hydrogens is 216 g/mol. The molecule has 2 N–H and O–H groups in total. The fourth-order valence-corrected chi connectivity index (χ4v) is 2.81. The minimum atomic E-state index is -0.707. The smallest absolute Gasteiger partial charge is 0.307 e. The summed E-state index contributed by atoms with van der Waals surface area (Å²) in [6.45, 7) is 10.3. The van der Waals surface area contributed by atoms with E-state index in [1.54, 1.807) is 6.20 Å². The van der Waals surface area contributed by atoms with E-state index in [0.29, 0.717) is 0 Å². The molecule has 0 bridgehead atoms. The molecule has 2 unspecified atom stereocenters. The van der Waals surface area contributed by atoms with Gasteiger partial charge in [-0.1, -0.05) is 34.6 Å². The highest BCUT2D eigenvalue weighted by atomic mass is 16.4. The number of carboxylic acids is 1. The van der Waals surface area contributed by atoms with E-state index >= 15 is 0 Å². The first-order chi connectivity index (χ1) is 7.67. The van der Waals surface area contributed by atoms with Gasteiger partial charge in [0.2, 0.25) is 0 Å². The summed E-state index contributed by atoms with van der Waals surface area (Å²) in [7, 11) is 0. The van der Waals surface area contributed by atoms with Crippen LogP contribution in [0.2, 0.25) is 0 Å². The van der Waals surface area contributed by atoms with E-state index in [-0.39, 0.29) is 22.7 Å². The monoisotopic (exact) mass is 236 g/mol. The number of H-pyrrole nitrogens is 1. The van der Waals surface area contributed by atoms with Crippen LogP contribution in [0.4, 0.5) is 0 Å². The summed E-state index contributed by atoms with van der Waals surface area (Å²) >= 11 is 0. The third-order valence-corrected chi connectivity index (χ3v) is 3.85. The van der Waals surface area contributed by atoms with Gasteiger partial charge in [-0.25, -0.2) is 0 Å². The number of hydrogen-bond acceptors (Lipinski definition) is 2. The maximum Gasteiger partial charge on any atom is 0.307 e. The predicted molar refractivity (Wildman–Crippen MR) is 64.9 cm³/mol. The van der Waals surface area contributed by atoms with Gasteiger partial charge in [0.25, 0.3) is 0 Å². The standard InChI is InChI=1S/C13H20N2O2/c1-12(2,3)10-7(6-14-15-10)8-9(11(16)17)13(8,4)5/h6,8-9H,1-5H3,(H,14,15)(H,16,17). The lowest BCUT2D eigenvalue weighted by Gasteiger charge is -2.18. The molecule has 2 rings (SSSR count). The Hall–Kier alpha value is -1.32. The maximum absolute atomic E-state index is 11.2. The Morgan fingerprint density at radius 2 is 2.06 bits per heavy atom. The molecule has 0 saturated heterocycles. The number of rotatable bonds is 2. The van der Waals surface area contributed by atoms with Crippen LogP contribution in [0.1, 0.15) is 51.8 Å². The summed E-state index contributed by atoms with van der Waals surface area (Å²) in [4.78, 5) is 11.2. The molecule has 1 heterocycles. The number of carboxylic acid groups (broad SMARTS) is 1. The molecule has 94 valence electrons. The van der Waals surface area contributed by atoms with Gasteiger partial charge in [0, 0.05) is 17.0 Å². The molecule has 1 fully saturated rings. The highest BCUT2D eigenvalue weighted by molar-refractivity contribution is 5.77. The van der Waals surface area contributed by atoms with Crippen molar-refractivity contribution in [2.75, 3.05) is 0 Å². The van der Waals surface area contributed by atoms with Gasteiger partial charge >= 0.3 is 5.97 Å². The van der Waals surface area contributed by atoms with E-state index in [0.717, 1.165) is 11.3 Å². The van der Waals surface area contributed by atoms with Crippen molar-refractivity contribution in [3.8, 4) is 0 Å². The largest absolute Gasteiger partial charge is 0.481 e. The molecule has 1 aliphatic carbocycles. The number of aromatic nitrogens is 2. The minimum absolute atomic E-state index is 0.0342. The lowest BCUT2D eigenvalue weighted by molar-refractivity contribution is -0.139. The van der Waals surface area contributed by atoms with Crippen LogP contribution in [0.15, 0.2) is 6.20 Å². The van der Waals surface area contributed by atoms with Gasteiger partial charge in [0.1, 0.15) is 0 Å². The van der Waals surface area contributed by atoms with Gasteiger partial charge in [-0.2, -0.15) is 5.10 Å². The topological polar surface area (TPSA) is 66.0 Å². The van der Waals surface area contributed by atoms with E-state index in [1.165, 1.54) is 0 Å². The van der Waals surface area contributed by atoms with Crippen molar-refractivity contribution in [2.24, 2.45) is 11.3 Å². The van der Waals surface area contributed by atoms with Crippen LogP contribution < -0.4 is 0 Å². The van der Waals surface area contributed by atoms with Crippen LogP contribution in [-0.2, 0) is 10.2 Å². The molecule has 2 atom stereocenters.